The third-order valence-electron chi connectivity index (χ3n) is 3.57. The van der Waals surface area contributed by atoms with Crippen molar-refractivity contribution in [2.24, 2.45) is 0 Å². The summed E-state index contributed by atoms with van der Waals surface area (Å²) < 4.78 is 0.493. The Hall–Kier alpha value is -1.42. The zero-order chi connectivity index (χ0) is 12.5. The van der Waals surface area contributed by atoms with Gasteiger partial charge in [0.1, 0.15) is 0 Å². The molecule has 0 spiro atoms. The maximum absolute atomic E-state index is 3.56. The van der Waals surface area contributed by atoms with Gasteiger partial charge in [0.15, 0.2) is 0 Å². The van der Waals surface area contributed by atoms with Gasteiger partial charge in [-0.05, 0) is 0 Å². The Morgan fingerprint density at radius 1 is 1.00 bits per heavy atom. The van der Waals surface area contributed by atoms with Gasteiger partial charge in [-0.25, -0.2) is 0 Å². The van der Waals surface area contributed by atoms with E-state index in [2.05, 4.69) is 84.6 Å². The molecule has 0 aromatic heterocycles. The molecule has 1 nitrogen and oxygen atoms in total. The summed E-state index contributed by atoms with van der Waals surface area (Å²) in [6.07, 6.45) is 2.30. The predicted molar refractivity (Wildman–Crippen MR) is 77.7 cm³/mol. The van der Waals surface area contributed by atoms with Crippen LogP contribution in [-0.2, 0) is 0 Å². The monoisotopic (exact) mass is 227 g/mol. The summed E-state index contributed by atoms with van der Waals surface area (Å²) in [6.45, 7) is 2.13. The normalized spacial score (nSPS) is 17.3. The summed E-state index contributed by atoms with van der Waals surface area (Å²) >= 11 is 2.24. The van der Waals surface area contributed by atoms with Gasteiger partial charge < -0.3 is 0 Å². The van der Waals surface area contributed by atoms with E-state index >= 15 is 0 Å². The summed E-state index contributed by atoms with van der Waals surface area (Å²) in [4.78, 5) is 0. The molecule has 1 aliphatic rings. The van der Waals surface area contributed by atoms with Crippen molar-refractivity contribution in [1.82, 2.24) is 0 Å². The number of anilines is 1. The van der Waals surface area contributed by atoms with Gasteiger partial charge in [-0.3, -0.25) is 0 Å². The average Bonchev–Trinajstić information content (AvgIpc) is 2.70. The van der Waals surface area contributed by atoms with Crippen molar-refractivity contribution >= 4 is 29.1 Å². The molecule has 0 saturated carbocycles. The van der Waals surface area contributed by atoms with E-state index in [-0.39, 0.29) is 0 Å². The fourth-order valence-corrected chi connectivity index (χ4v) is 2.54. The summed E-state index contributed by atoms with van der Waals surface area (Å²) in [5.41, 5.74) is 6.43. The number of benzene rings is 2. The number of rotatable bonds is 2. The molecule has 1 unspecified atom stereocenters. The molecule has 3 rings (SSSR count). The Morgan fingerprint density at radius 2 is 1.72 bits per heavy atom. The fraction of sp³-hybridized carbons (Fsp3) is 0.125. The van der Waals surface area contributed by atoms with Crippen LogP contribution in [0.1, 0.15) is 21.3 Å². The minimum atomic E-state index is 0.493. The molecule has 0 amide bonds. The van der Waals surface area contributed by atoms with E-state index in [0.717, 1.165) is 0 Å². The van der Waals surface area contributed by atoms with Crippen molar-refractivity contribution in [3.63, 3.8) is 0 Å². The van der Waals surface area contributed by atoms with Crippen LogP contribution in [0.25, 0.3) is 5.70 Å². The number of hydrogen-bond donors (Lipinski definition) is 1. The second-order valence-corrected chi connectivity index (χ2v) is 4.90. The Morgan fingerprint density at radius 3 is 2.56 bits per heavy atom. The molecule has 0 aliphatic heterocycles. The van der Waals surface area contributed by atoms with Crippen molar-refractivity contribution in [3.05, 3.63) is 71.3 Å². The molecule has 0 fully saturated rings. The van der Waals surface area contributed by atoms with E-state index in [9.17, 15) is 0 Å². The molecule has 0 bridgehead atoms. The van der Waals surface area contributed by atoms with E-state index in [4.69, 9.17) is 0 Å². The second kappa shape index (κ2) is 4.69. The number of para-hydroxylation sites is 1. The standard InChI is InChI=1S/C16H14N.Li/c1-12-6-2-5-9-15(12)17-16-11-10-13-7-3-4-8-14(13)16;/h2-11,17H,1H3;. The van der Waals surface area contributed by atoms with Crippen molar-refractivity contribution in [2.75, 3.05) is 5.32 Å². The molecular formula is C16H14LiN. The van der Waals surface area contributed by atoms with Crippen LogP contribution in [-0.4, -0.2) is 17.7 Å². The van der Waals surface area contributed by atoms with E-state index in [1.165, 1.54) is 28.1 Å². The third kappa shape index (κ3) is 2.01. The van der Waals surface area contributed by atoms with Crippen LogP contribution in [0.15, 0.2) is 54.6 Å². The molecule has 84 valence electrons. The Bertz CT molecular complexity index is 616. The topological polar surface area (TPSA) is 12.0 Å². The molecule has 1 atom stereocenters. The first-order chi connectivity index (χ1) is 8.75. The van der Waals surface area contributed by atoms with Gasteiger partial charge in [0.25, 0.3) is 0 Å². The molecule has 18 heavy (non-hydrogen) atoms. The Balaban J connectivity index is 1.96. The van der Waals surface area contributed by atoms with Crippen LogP contribution >= 0.6 is 0 Å². The molecule has 0 heterocycles. The fourth-order valence-electron chi connectivity index (χ4n) is 2.54. The van der Waals surface area contributed by atoms with E-state index < -0.39 is 0 Å². The third-order valence-corrected chi connectivity index (χ3v) is 3.57. The zero-order valence-electron chi connectivity index (χ0n) is 10.8. The molecule has 0 saturated heterocycles. The van der Waals surface area contributed by atoms with Gasteiger partial charge in [-0.15, -0.1) is 0 Å². The van der Waals surface area contributed by atoms with E-state index in [1.807, 2.05) is 0 Å². The van der Waals surface area contributed by atoms with E-state index in [0.29, 0.717) is 4.59 Å². The van der Waals surface area contributed by atoms with Crippen LogP contribution in [0.3, 0.4) is 0 Å². The summed E-state index contributed by atoms with van der Waals surface area (Å²) in [6, 6.07) is 17.0. The SMILES string of the molecule is [Li][CH]1C=C(Nc2ccccc2C)c2ccccc21. The van der Waals surface area contributed by atoms with Crippen LogP contribution in [0.4, 0.5) is 5.69 Å². The first kappa shape index (κ1) is 11.7. The Labute approximate surface area is 117 Å². The zero-order valence-corrected chi connectivity index (χ0v) is 10.8. The second-order valence-electron chi connectivity index (χ2n) is 4.90. The van der Waals surface area contributed by atoms with Crippen molar-refractivity contribution in [3.8, 4) is 0 Å². The average molecular weight is 227 g/mol. The molecule has 0 radical (unpaired) electrons. The minimum absolute atomic E-state index is 0.493. The van der Waals surface area contributed by atoms with Crippen LogP contribution in [0.5, 0.6) is 0 Å². The van der Waals surface area contributed by atoms with Crippen molar-refractivity contribution < 1.29 is 0 Å². The first-order valence-electron chi connectivity index (χ1n) is 6.39. The van der Waals surface area contributed by atoms with Crippen molar-refractivity contribution in [1.29, 1.82) is 0 Å². The van der Waals surface area contributed by atoms with Crippen LogP contribution < -0.4 is 5.32 Å². The van der Waals surface area contributed by atoms with Crippen LogP contribution in [0, 0.1) is 6.92 Å². The van der Waals surface area contributed by atoms with E-state index in [1.54, 1.807) is 0 Å². The Kier molecular flexibility index (Phi) is 3.03. The number of aryl methyl sites for hydroxylation is 1. The predicted octanol–water partition coefficient (Wildman–Crippen LogP) is 3.67. The quantitative estimate of drug-likeness (QED) is 0.772. The summed E-state index contributed by atoms with van der Waals surface area (Å²) in [5, 5.41) is 3.56. The first-order valence-corrected chi connectivity index (χ1v) is 6.39. The van der Waals surface area contributed by atoms with Gasteiger partial charge in [-0.2, -0.15) is 0 Å². The summed E-state index contributed by atoms with van der Waals surface area (Å²) in [7, 11) is 0. The van der Waals surface area contributed by atoms with Gasteiger partial charge in [-0.1, -0.05) is 0 Å². The van der Waals surface area contributed by atoms with Gasteiger partial charge in [0.2, 0.25) is 0 Å². The van der Waals surface area contributed by atoms with Gasteiger partial charge >= 0.3 is 117 Å². The molecule has 2 aromatic rings. The number of hydrogen-bond acceptors (Lipinski definition) is 1. The van der Waals surface area contributed by atoms with Gasteiger partial charge in [0, 0.05) is 0 Å². The molecule has 1 N–H and O–H groups in total. The summed E-state index contributed by atoms with van der Waals surface area (Å²) in [5.74, 6) is 0. The molecule has 2 aromatic carbocycles. The number of allylic oxidation sites excluding steroid dienone is 1. The molecule has 1 aliphatic carbocycles. The number of nitrogens with one attached hydrogen (secondary N) is 1. The molecule has 2 heteroatoms. The maximum atomic E-state index is 3.56. The molecular weight excluding hydrogens is 213 g/mol. The van der Waals surface area contributed by atoms with Crippen LogP contribution in [0.2, 0.25) is 0 Å². The van der Waals surface area contributed by atoms with Gasteiger partial charge in [0.05, 0.1) is 0 Å². The van der Waals surface area contributed by atoms with Crippen molar-refractivity contribution in [2.45, 2.75) is 11.5 Å². The number of fused-ring (bicyclic) bond motifs is 1.